The maximum absolute atomic E-state index is 13.9. The number of pyridine rings is 1. The summed E-state index contributed by atoms with van der Waals surface area (Å²) in [5, 5.41) is 2.63. The molecule has 3 N–H and O–H groups in total. The third-order valence-electron chi connectivity index (χ3n) is 3.91. The number of rotatable bonds is 6. The summed E-state index contributed by atoms with van der Waals surface area (Å²) in [4.78, 5) is 28.0. The van der Waals surface area contributed by atoms with Crippen LogP contribution in [0.15, 0.2) is 53.1 Å². The molecule has 1 aromatic heterocycles. The van der Waals surface area contributed by atoms with E-state index in [1.54, 1.807) is 0 Å². The molecule has 30 heavy (non-hydrogen) atoms. The first-order chi connectivity index (χ1) is 14.3. The van der Waals surface area contributed by atoms with Gasteiger partial charge in [0.15, 0.2) is 11.6 Å². The predicted molar refractivity (Wildman–Crippen MR) is 108 cm³/mol. The van der Waals surface area contributed by atoms with E-state index in [0.717, 1.165) is 19.2 Å². The summed E-state index contributed by atoms with van der Waals surface area (Å²) in [6.45, 7) is 0. The normalized spacial score (nSPS) is 10.4. The molecule has 0 spiro atoms. The Bertz CT molecular complexity index is 1120. The highest BCUT2D eigenvalue weighted by Gasteiger charge is 2.21. The van der Waals surface area contributed by atoms with Crippen LogP contribution >= 0.6 is 15.9 Å². The number of ether oxygens (including phenoxy) is 2. The van der Waals surface area contributed by atoms with Gasteiger partial charge >= 0.3 is 0 Å². The second-order valence-electron chi connectivity index (χ2n) is 5.90. The lowest BCUT2D eigenvalue weighted by Gasteiger charge is -2.14. The lowest BCUT2D eigenvalue weighted by Crippen LogP contribution is -2.15. The molecular formula is C20H14BrF2N3O4. The van der Waals surface area contributed by atoms with Crippen LogP contribution in [0.1, 0.15) is 20.7 Å². The molecule has 0 fully saturated rings. The quantitative estimate of drug-likeness (QED) is 0.551. The molecule has 0 aliphatic rings. The van der Waals surface area contributed by atoms with Gasteiger partial charge in [0.05, 0.1) is 7.11 Å². The summed E-state index contributed by atoms with van der Waals surface area (Å²) in [7, 11) is 1.16. The molecular weight excluding hydrogens is 464 g/mol. The largest absolute Gasteiger partial charge is 0.490 e. The Balaban J connectivity index is 1.91. The van der Waals surface area contributed by atoms with Crippen molar-refractivity contribution in [3.05, 3.63) is 75.9 Å². The van der Waals surface area contributed by atoms with E-state index in [1.165, 1.54) is 36.5 Å². The molecule has 0 radical (unpaired) electrons. The second kappa shape index (κ2) is 8.87. The summed E-state index contributed by atoms with van der Waals surface area (Å²) >= 11 is 3.23. The fourth-order valence-corrected chi connectivity index (χ4v) is 2.81. The standard InChI is InChI=1S/C20H14BrF2N3O4/c1-29-17-15(7-6-14(22)16(17)23)30-20-13(8-11(21)9-25-20)19(28)26-12-4-2-10(3-5-12)18(24)27/h2-9H,1H3,(H2,24,27)(H,26,28). The summed E-state index contributed by atoms with van der Waals surface area (Å²) < 4.78 is 38.3. The number of amides is 2. The van der Waals surface area contributed by atoms with Gasteiger partial charge in [-0.15, -0.1) is 0 Å². The third-order valence-corrected chi connectivity index (χ3v) is 4.35. The van der Waals surface area contributed by atoms with E-state index >= 15 is 0 Å². The molecule has 0 aliphatic heterocycles. The van der Waals surface area contributed by atoms with Crippen LogP contribution in [-0.2, 0) is 0 Å². The zero-order chi connectivity index (χ0) is 21.8. The highest BCUT2D eigenvalue weighted by Crippen LogP contribution is 2.36. The zero-order valence-electron chi connectivity index (χ0n) is 15.4. The third kappa shape index (κ3) is 4.54. The van der Waals surface area contributed by atoms with Crippen molar-refractivity contribution in [3.63, 3.8) is 0 Å². The predicted octanol–water partition coefficient (Wildman–Crippen LogP) is 4.27. The van der Waals surface area contributed by atoms with Crippen molar-refractivity contribution in [1.82, 2.24) is 4.98 Å². The van der Waals surface area contributed by atoms with Gasteiger partial charge in [0.1, 0.15) is 5.56 Å². The Morgan fingerprint density at radius 2 is 1.83 bits per heavy atom. The average Bonchev–Trinajstić information content (AvgIpc) is 2.72. The maximum Gasteiger partial charge on any atom is 0.261 e. The minimum absolute atomic E-state index is 0.00939. The lowest BCUT2D eigenvalue weighted by atomic mass is 10.2. The van der Waals surface area contributed by atoms with Crippen molar-refractivity contribution < 1.29 is 27.8 Å². The van der Waals surface area contributed by atoms with E-state index < -0.39 is 29.2 Å². The summed E-state index contributed by atoms with van der Waals surface area (Å²) in [5.74, 6) is -4.31. The van der Waals surface area contributed by atoms with Gasteiger partial charge in [-0.05, 0) is 58.4 Å². The smallest absolute Gasteiger partial charge is 0.261 e. The number of hydrogen-bond acceptors (Lipinski definition) is 5. The maximum atomic E-state index is 13.9. The number of anilines is 1. The van der Waals surface area contributed by atoms with Gasteiger partial charge < -0.3 is 20.5 Å². The minimum atomic E-state index is -1.23. The zero-order valence-corrected chi connectivity index (χ0v) is 17.0. The number of hydrogen-bond donors (Lipinski definition) is 2. The summed E-state index contributed by atoms with van der Waals surface area (Å²) in [6, 6.07) is 9.39. The SMILES string of the molecule is COc1c(Oc2ncc(Br)cc2C(=O)Nc2ccc(C(N)=O)cc2)ccc(F)c1F. The Hall–Kier alpha value is -3.53. The molecule has 10 heteroatoms. The van der Waals surface area contributed by atoms with Crippen molar-refractivity contribution in [2.24, 2.45) is 5.73 Å². The van der Waals surface area contributed by atoms with Crippen LogP contribution in [0.4, 0.5) is 14.5 Å². The highest BCUT2D eigenvalue weighted by molar-refractivity contribution is 9.10. The van der Waals surface area contributed by atoms with Crippen LogP contribution in [0.2, 0.25) is 0 Å². The van der Waals surface area contributed by atoms with E-state index in [4.69, 9.17) is 15.2 Å². The van der Waals surface area contributed by atoms with Gasteiger partial charge in [-0.2, -0.15) is 4.39 Å². The number of methoxy groups -OCH3 is 1. The number of nitrogens with one attached hydrogen (secondary N) is 1. The number of nitrogens with two attached hydrogens (primary N) is 1. The average molecular weight is 478 g/mol. The monoisotopic (exact) mass is 477 g/mol. The van der Waals surface area contributed by atoms with E-state index in [1.807, 2.05) is 0 Å². The first-order valence-electron chi connectivity index (χ1n) is 8.36. The van der Waals surface area contributed by atoms with Gasteiger partial charge in [-0.25, -0.2) is 9.37 Å². The molecule has 0 aliphatic carbocycles. The first kappa shape index (κ1) is 21.2. The van der Waals surface area contributed by atoms with Gasteiger partial charge in [-0.3, -0.25) is 9.59 Å². The van der Waals surface area contributed by atoms with Gasteiger partial charge in [0.25, 0.3) is 5.91 Å². The van der Waals surface area contributed by atoms with Crippen molar-refractivity contribution in [2.75, 3.05) is 12.4 Å². The van der Waals surface area contributed by atoms with Crippen LogP contribution in [0.25, 0.3) is 0 Å². The number of carbonyl (C=O) groups is 2. The topological polar surface area (TPSA) is 104 Å². The highest BCUT2D eigenvalue weighted by atomic mass is 79.9. The molecule has 3 rings (SSSR count). The molecule has 3 aromatic rings. The Labute approximate surface area is 177 Å². The number of nitrogens with zero attached hydrogens (tertiary/aromatic N) is 1. The first-order valence-corrected chi connectivity index (χ1v) is 9.16. The van der Waals surface area contributed by atoms with Crippen LogP contribution in [0.5, 0.6) is 17.4 Å². The van der Waals surface area contributed by atoms with Crippen molar-refractivity contribution in [3.8, 4) is 17.4 Å². The number of carbonyl (C=O) groups excluding carboxylic acids is 2. The molecule has 0 bridgehead atoms. The van der Waals surface area contributed by atoms with Crippen LogP contribution in [0, 0.1) is 11.6 Å². The van der Waals surface area contributed by atoms with Gasteiger partial charge in [-0.1, -0.05) is 0 Å². The van der Waals surface area contributed by atoms with E-state index in [2.05, 4.69) is 26.2 Å². The molecule has 0 unspecified atom stereocenters. The Morgan fingerprint density at radius 3 is 2.47 bits per heavy atom. The van der Waals surface area contributed by atoms with Crippen molar-refractivity contribution in [1.29, 1.82) is 0 Å². The Morgan fingerprint density at radius 1 is 1.13 bits per heavy atom. The molecule has 2 amide bonds. The molecule has 0 saturated carbocycles. The summed E-state index contributed by atoms with van der Waals surface area (Å²) in [6.07, 6.45) is 1.38. The molecule has 0 atom stereocenters. The number of halogens is 3. The second-order valence-corrected chi connectivity index (χ2v) is 6.81. The van der Waals surface area contributed by atoms with Crippen LogP contribution < -0.4 is 20.5 Å². The number of primary amides is 1. The van der Waals surface area contributed by atoms with Gasteiger partial charge in [0.2, 0.25) is 23.4 Å². The molecule has 154 valence electrons. The van der Waals surface area contributed by atoms with Crippen molar-refractivity contribution in [2.45, 2.75) is 0 Å². The molecule has 2 aromatic carbocycles. The number of aromatic nitrogens is 1. The van der Waals surface area contributed by atoms with E-state index in [-0.39, 0.29) is 22.8 Å². The van der Waals surface area contributed by atoms with Crippen LogP contribution in [0.3, 0.4) is 0 Å². The lowest BCUT2D eigenvalue weighted by molar-refractivity contribution is 0.0998. The Kier molecular flexibility index (Phi) is 6.26. The number of benzene rings is 2. The minimum Gasteiger partial charge on any atom is -0.490 e. The molecule has 7 nitrogen and oxygen atoms in total. The summed E-state index contributed by atoms with van der Waals surface area (Å²) in [5.41, 5.74) is 5.88. The fraction of sp³-hybridized carbons (Fsp3) is 0.0500. The van der Waals surface area contributed by atoms with E-state index in [0.29, 0.717) is 10.2 Å². The van der Waals surface area contributed by atoms with Gasteiger partial charge in [0, 0.05) is 21.9 Å². The van der Waals surface area contributed by atoms with Crippen molar-refractivity contribution >= 4 is 33.4 Å². The molecule has 0 saturated heterocycles. The van der Waals surface area contributed by atoms with Crippen LogP contribution in [-0.4, -0.2) is 23.9 Å². The fourth-order valence-electron chi connectivity index (χ4n) is 2.48. The molecule has 1 heterocycles. The van der Waals surface area contributed by atoms with E-state index in [9.17, 15) is 18.4 Å².